The summed E-state index contributed by atoms with van der Waals surface area (Å²) in [4.78, 5) is 5.97. The molecular formula is C20H22FN7. The molecule has 1 aliphatic heterocycles. The highest BCUT2D eigenvalue weighted by Gasteiger charge is 2.21. The molecule has 3 heterocycles. The topological polar surface area (TPSA) is 71.8 Å². The molecule has 0 spiro atoms. The molecule has 1 N–H and O–H groups in total. The van der Waals surface area contributed by atoms with Crippen molar-refractivity contribution in [2.24, 2.45) is 7.05 Å². The number of nitrogens with one attached hydrogen (secondary N) is 1. The van der Waals surface area contributed by atoms with E-state index >= 15 is 0 Å². The fourth-order valence-corrected chi connectivity index (χ4v) is 3.39. The molecule has 0 amide bonds. The second-order valence-electron chi connectivity index (χ2n) is 6.93. The van der Waals surface area contributed by atoms with E-state index < -0.39 is 0 Å². The minimum absolute atomic E-state index is 0.298. The van der Waals surface area contributed by atoms with Gasteiger partial charge in [-0.3, -0.25) is 4.98 Å². The SMILES string of the molecule is CC1=C(c2ccc(NCc3ccncc3F)cc2)CN(c2nnnn2C)CC1. The Morgan fingerprint density at radius 1 is 1.18 bits per heavy atom. The smallest absolute Gasteiger partial charge is 0.245 e. The second kappa shape index (κ2) is 7.75. The van der Waals surface area contributed by atoms with Crippen LogP contribution in [0.5, 0.6) is 0 Å². The maximum atomic E-state index is 13.7. The summed E-state index contributed by atoms with van der Waals surface area (Å²) in [6.07, 6.45) is 3.81. The zero-order valence-corrected chi connectivity index (χ0v) is 15.9. The fraction of sp³-hybridized carbons (Fsp3) is 0.300. The van der Waals surface area contributed by atoms with E-state index in [0.29, 0.717) is 12.1 Å². The number of anilines is 2. The molecule has 4 rings (SSSR count). The van der Waals surface area contributed by atoms with E-state index in [1.54, 1.807) is 16.9 Å². The number of hydrogen-bond acceptors (Lipinski definition) is 6. The Morgan fingerprint density at radius 3 is 2.71 bits per heavy atom. The number of tetrazole rings is 1. The normalized spacial score (nSPS) is 14.5. The molecule has 8 heteroatoms. The van der Waals surface area contributed by atoms with Crippen LogP contribution in [0.1, 0.15) is 24.5 Å². The number of nitrogens with zero attached hydrogens (tertiary/aromatic N) is 6. The summed E-state index contributed by atoms with van der Waals surface area (Å²) < 4.78 is 15.4. The maximum Gasteiger partial charge on any atom is 0.245 e. The number of aryl methyl sites for hydroxylation is 1. The Kier molecular flexibility index (Phi) is 5.01. The third-order valence-corrected chi connectivity index (χ3v) is 5.07. The largest absolute Gasteiger partial charge is 0.381 e. The first kappa shape index (κ1) is 18.1. The number of benzene rings is 1. The summed E-state index contributed by atoms with van der Waals surface area (Å²) in [6, 6.07) is 9.93. The summed E-state index contributed by atoms with van der Waals surface area (Å²) in [5, 5.41) is 15.1. The average molecular weight is 379 g/mol. The lowest BCUT2D eigenvalue weighted by Gasteiger charge is -2.30. The van der Waals surface area contributed by atoms with Crippen molar-refractivity contribution in [3.8, 4) is 0 Å². The molecule has 1 aromatic carbocycles. The van der Waals surface area contributed by atoms with Crippen LogP contribution in [0, 0.1) is 5.82 Å². The molecule has 3 aromatic rings. The Hall–Kier alpha value is -3.29. The number of aromatic nitrogens is 5. The lowest BCUT2D eigenvalue weighted by Crippen LogP contribution is -2.33. The van der Waals surface area contributed by atoms with Crippen LogP contribution in [-0.2, 0) is 13.6 Å². The zero-order valence-electron chi connectivity index (χ0n) is 15.9. The lowest BCUT2D eigenvalue weighted by molar-refractivity contribution is 0.606. The Labute approximate surface area is 162 Å². The van der Waals surface area contributed by atoms with Crippen molar-refractivity contribution in [1.82, 2.24) is 25.2 Å². The highest BCUT2D eigenvalue weighted by atomic mass is 19.1. The summed E-state index contributed by atoms with van der Waals surface area (Å²) in [6.45, 7) is 4.28. The Morgan fingerprint density at radius 2 is 2.00 bits per heavy atom. The molecular weight excluding hydrogens is 357 g/mol. The minimum Gasteiger partial charge on any atom is -0.381 e. The first-order valence-corrected chi connectivity index (χ1v) is 9.20. The molecule has 0 atom stereocenters. The van der Waals surface area contributed by atoms with Crippen LogP contribution in [0.4, 0.5) is 16.0 Å². The van der Waals surface area contributed by atoms with Crippen LogP contribution in [0.25, 0.3) is 5.57 Å². The number of hydrogen-bond donors (Lipinski definition) is 1. The second-order valence-corrected chi connectivity index (χ2v) is 6.93. The van der Waals surface area contributed by atoms with Gasteiger partial charge in [-0.05, 0) is 53.1 Å². The van der Waals surface area contributed by atoms with Crippen molar-refractivity contribution < 1.29 is 4.39 Å². The average Bonchev–Trinajstić information content (AvgIpc) is 3.14. The van der Waals surface area contributed by atoms with E-state index in [2.05, 4.69) is 49.8 Å². The number of pyridine rings is 1. The van der Waals surface area contributed by atoms with Crippen molar-refractivity contribution in [3.63, 3.8) is 0 Å². The van der Waals surface area contributed by atoms with Gasteiger partial charge in [0.25, 0.3) is 0 Å². The fourth-order valence-electron chi connectivity index (χ4n) is 3.39. The highest BCUT2D eigenvalue weighted by Crippen LogP contribution is 2.29. The molecule has 0 fully saturated rings. The highest BCUT2D eigenvalue weighted by molar-refractivity contribution is 5.74. The summed E-state index contributed by atoms with van der Waals surface area (Å²) in [5.41, 5.74) is 5.39. The van der Waals surface area contributed by atoms with Crippen LogP contribution >= 0.6 is 0 Å². The first-order chi connectivity index (χ1) is 13.6. The molecule has 1 aliphatic rings. The van der Waals surface area contributed by atoms with Crippen molar-refractivity contribution >= 4 is 17.2 Å². The molecule has 28 heavy (non-hydrogen) atoms. The summed E-state index contributed by atoms with van der Waals surface area (Å²) >= 11 is 0. The van der Waals surface area contributed by atoms with Gasteiger partial charge < -0.3 is 10.2 Å². The predicted octanol–water partition coefficient (Wildman–Crippen LogP) is 3.04. The zero-order chi connectivity index (χ0) is 19.5. The molecule has 2 aromatic heterocycles. The van der Waals surface area contributed by atoms with Gasteiger partial charge >= 0.3 is 0 Å². The Balaban J connectivity index is 1.47. The van der Waals surface area contributed by atoms with Gasteiger partial charge in [0.05, 0.1) is 6.20 Å². The van der Waals surface area contributed by atoms with Gasteiger partial charge in [0.1, 0.15) is 5.82 Å². The summed E-state index contributed by atoms with van der Waals surface area (Å²) in [7, 11) is 1.85. The van der Waals surface area contributed by atoms with Gasteiger partial charge in [-0.1, -0.05) is 22.8 Å². The first-order valence-electron chi connectivity index (χ1n) is 9.20. The molecule has 0 saturated heterocycles. The van der Waals surface area contributed by atoms with Crippen molar-refractivity contribution in [3.05, 3.63) is 65.2 Å². The van der Waals surface area contributed by atoms with Gasteiger partial charge in [0.2, 0.25) is 5.95 Å². The molecule has 0 radical (unpaired) electrons. The molecule has 7 nitrogen and oxygen atoms in total. The van der Waals surface area contributed by atoms with Crippen LogP contribution in [0.2, 0.25) is 0 Å². The quantitative estimate of drug-likeness (QED) is 0.735. The molecule has 144 valence electrons. The molecule has 0 saturated carbocycles. The van der Waals surface area contributed by atoms with Gasteiger partial charge in [-0.15, -0.1) is 0 Å². The molecule has 0 bridgehead atoms. The van der Waals surface area contributed by atoms with E-state index in [-0.39, 0.29) is 5.82 Å². The lowest BCUT2D eigenvalue weighted by atomic mass is 9.95. The van der Waals surface area contributed by atoms with Crippen molar-refractivity contribution in [2.45, 2.75) is 19.9 Å². The third kappa shape index (κ3) is 3.71. The van der Waals surface area contributed by atoms with Gasteiger partial charge in [-0.25, -0.2) is 9.07 Å². The van der Waals surface area contributed by atoms with Gasteiger partial charge in [-0.2, -0.15) is 0 Å². The number of halogens is 1. The predicted molar refractivity (Wildman–Crippen MR) is 106 cm³/mol. The maximum absolute atomic E-state index is 13.7. The van der Waals surface area contributed by atoms with Crippen LogP contribution in [0.15, 0.2) is 48.3 Å². The van der Waals surface area contributed by atoms with E-state index in [1.807, 2.05) is 19.2 Å². The van der Waals surface area contributed by atoms with Crippen molar-refractivity contribution in [1.29, 1.82) is 0 Å². The van der Waals surface area contributed by atoms with E-state index in [4.69, 9.17) is 0 Å². The van der Waals surface area contributed by atoms with Gasteiger partial charge in [0.15, 0.2) is 0 Å². The van der Waals surface area contributed by atoms with Crippen LogP contribution in [-0.4, -0.2) is 38.3 Å². The molecule has 0 unspecified atom stereocenters. The third-order valence-electron chi connectivity index (χ3n) is 5.07. The van der Waals surface area contributed by atoms with Crippen molar-refractivity contribution in [2.75, 3.05) is 23.3 Å². The number of rotatable bonds is 5. The minimum atomic E-state index is -0.298. The van der Waals surface area contributed by atoms with E-state index in [0.717, 1.165) is 31.1 Å². The Bertz CT molecular complexity index is 994. The standard InChI is InChI=1S/C20H22FN7/c1-14-8-10-28(20-24-25-26-27(20)2)13-18(14)15-3-5-17(6-4-15)23-11-16-7-9-22-12-19(16)21/h3-7,9,12,23H,8,10-11,13H2,1-2H3. The van der Waals surface area contributed by atoms with E-state index in [1.165, 1.54) is 22.9 Å². The molecule has 0 aliphatic carbocycles. The summed E-state index contributed by atoms with van der Waals surface area (Å²) in [5.74, 6) is 0.482. The van der Waals surface area contributed by atoms with Gasteiger partial charge in [0, 0.05) is 44.1 Å². The monoisotopic (exact) mass is 379 g/mol. The van der Waals surface area contributed by atoms with Crippen LogP contribution < -0.4 is 10.2 Å². The van der Waals surface area contributed by atoms with E-state index in [9.17, 15) is 4.39 Å². The van der Waals surface area contributed by atoms with Crippen LogP contribution in [0.3, 0.4) is 0 Å².